The lowest BCUT2D eigenvalue weighted by molar-refractivity contribution is 0.240. The third kappa shape index (κ3) is 3.99. The van der Waals surface area contributed by atoms with Gasteiger partial charge in [0.25, 0.3) is 0 Å². The normalized spacial score (nSPS) is 10.6. The molecule has 2 heterocycles. The van der Waals surface area contributed by atoms with Crippen LogP contribution in [0.2, 0.25) is 0 Å². The molecule has 24 heavy (non-hydrogen) atoms. The van der Waals surface area contributed by atoms with E-state index in [4.69, 9.17) is 4.42 Å². The third-order valence-electron chi connectivity index (χ3n) is 3.42. The van der Waals surface area contributed by atoms with Crippen molar-refractivity contribution in [2.45, 2.75) is 26.9 Å². The summed E-state index contributed by atoms with van der Waals surface area (Å²) in [6.45, 7) is 4.67. The monoisotopic (exact) mass is 342 g/mol. The molecule has 3 rings (SSSR count). The smallest absolute Gasteiger partial charge is 0.315 e. The summed E-state index contributed by atoms with van der Waals surface area (Å²) in [5.74, 6) is 0.543. The number of amides is 2. The lowest BCUT2D eigenvalue weighted by Gasteiger charge is -2.05. The summed E-state index contributed by atoms with van der Waals surface area (Å²) < 4.78 is 5.44. The number of aryl methyl sites for hydroxylation is 2. The highest BCUT2D eigenvalue weighted by Crippen LogP contribution is 2.18. The standard InChI is InChI=1S/C17H18N4O2S/c1-11-15(20-12(2)24-11)9-19-17(22)18-8-14-10-23-16(21-14)13-6-4-3-5-7-13/h3-7,10H,8-9H2,1-2H3,(H2,18,19,22). The van der Waals surface area contributed by atoms with Crippen molar-refractivity contribution in [2.75, 3.05) is 0 Å². The number of hydrogen-bond donors (Lipinski definition) is 2. The van der Waals surface area contributed by atoms with Crippen molar-refractivity contribution >= 4 is 17.4 Å². The molecule has 0 bridgehead atoms. The van der Waals surface area contributed by atoms with Gasteiger partial charge in [0.15, 0.2) is 0 Å². The molecule has 7 heteroatoms. The van der Waals surface area contributed by atoms with Crippen LogP contribution in [0.4, 0.5) is 4.79 Å². The molecule has 3 aromatic rings. The SMILES string of the molecule is Cc1nc(CNC(=O)NCc2coc(-c3ccccc3)n2)c(C)s1. The van der Waals surface area contributed by atoms with Crippen LogP contribution >= 0.6 is 11.3 Å². The van der Waals surface area contributed by atoms with Gasteiger partial charge in [-0.05, 0) is 26.0 Å². The predicted octanol–water partition coefficient (Wildman–Crippen LogP) is 3.41. The average molecular weight is 342 g/mol. The van der Waals surface area contributed by atoms with Crippen LogP contribution in [-0.2, 0) is 13.1 Å². The van der Waals surface area contributed by atoms with Gasteiger partial charge in [0.2, 0.25) is 5.89 Å². The van der Waals surface area contributed by atoms with Crippen molar-refractivity contribution < 1.29 is 9.21 Å². The maximum absolute atomic E-state index is 11.9. The number of nitrogens with zero attached hydrogens (tertiary/aromatic N) is 2. The number of carbonyl (C=O) groups excluding carboxylic acids is 1. The summed E-state index contributed by atoms with van der Waals surface area (Å²) >= 11 is 1.63. The zero-order valence-corrected chi connectivity index (χ0v) is 14.3. The maximum atomic E-state index is 11.9. The van der Waals surface area contributed by atoms with E-state index in [-0.39, 0.29) is 6.03 Å². The van der Waals surface area contributed by atoms with Gasteiger partial charge in [-0.2, -0.15) is 0 Å². The molecule has 2 N–H and O–H groups in total. The van der Waals surface area contributed by atoms with E-state index < -0.39 is 0 Å². The van der Waals surface area contributed by atoms with Crippen LogP contribution in [0, 0.1) is 13.8 Å². The molecule has 0 aliphatic carbocycles. The predicted molar refractivity (Wildman–Crippen MR) is 92.6 cm³/mol. The summed E-state index contributed by atoms with van der Waals surface area (Å²) in [5.41, 5.74) is 2.48. The first-order chi connectivity index (χ1) is 11.6. The van der Waals surface area contributed by atoms with Crippen molar-refractivity contribution in [3.8, 4) is 11.5 Å². The molecule has 0 atom stereocenters. The third-order valence-corrected chi connectivity index (χ3v) is 4.35. The number of urea groups is 1. The molecule has 0 saturated heterocycles. The fraction of sp³-hybridized carbons (Fsp3) is 0.235. The highest BCUT2D eigenvalue weighted by Gasteiger charge is 2.09. The van der Waals surface area contributed by atoms with E-state index in [1.165, 1.54) is 0 Å². The zero-order valence-electron chi connectivity index (χ0n) is 13.5. The number of rotatable bonds is 5. The number of aromatic nitrogens is 2. The summed E-state index contributed by atoms with van der Waals surface area (Å²) in [4.78, 5) is 21.8. The van der Waals surface area contributed by atoms with E-state index in [2.05, 4.69) is 20.6 Å². The van der Waals surface area contributed by atoms with Crippen molar-refractivity contribution in [1.29, 1.82) is 0 Å². The van der Waals surface area contributed by atoms with Crippen LogP contribution in [0.1, 0.15) is 21.3 Å². The second-order valence-electron chi connectivity index (χ2n) is 5.28. The number of carbonyl (C=O) groups is 1. The molecule has 2 amide bonds. The molecule has 0 spiro atoms. The van der Waals surface area contributed by atoms with Gasteiger partial charge in [-0.3, -0.25) is 0 Å². The Morgan fingerprint density at radius 2 is 1.88 bits per heavy atom. The first-order valence-electron chi connectivity index (χ1n) is 7.56. The van der Waals surface area contributed by atoms with E-state index in [1.807, 2.05) is 44.2 Å². The van der Waals surface area contributed by atoms with Crippen LogP contribution < -0.4 is 10.6 Å². The number of hydrogen-bond acceptors (Lipinski definition) is 5. The van der Waals surface area contributed by atoms with E-state index in [0.717, 1.165) is 21.1 Å². The second-order valence-corrected chi connectivity index (χ2v) is 6.69. The molecule has 0 radical (unpaired) electrons. The lowest BCUT2D eigenvalue weighted by atomic mass is 10.2. The largest absolute Gasteiger partial charge is 0.444 e. The van der Waals surface area contributed by atoms with Gasteiger partial charge in [0.1, 0.15) is 6.26 Å². The van der Waals surface area contributed by atoms with Crippen molar-refractivity contribution in [1.82, 2.24) is 20.6 Å². The molecule has 2 aromatic heterocycles. The Labute approximate surface area is 144 Å². The van der Waals surface area contributed by atoms with E-state index in [9.17, 15) is 4.79 Å². The molecule has 0 aliphatic heterocycles. The van der Waals surface area contributed by atoms with Crippen molar-refractivity contribution in [3.05, 3.63) is 57.9 Å². The zero-order chi connectivity index (χ0) is 16.9. The van der Waals surface area contributed by atoms with Crippen LogP contribution in [0.5, 0.6) is 0 Å². The van der Waals surface area contributed by atoms with E-state index in [0.29, 0.717) is 24.7 Å². The second kappa shape index (κ2) is 7.27. The molecular weight excluding hydrogens is 324 g/mol. The number of benzene rings is 1. The summed E-state index contributed by atoms with van der Waals surface area (Å²) in [6, 6.07) is 9.37. The van der Waals surface area contributed by atoms with Gasteiger partial charge in [-0.15, -0.1) is 11.3 Å². The van der Waals surface area contributed by atoms with Crippen LogP contribution in [-0.4, -0.2) is 16.0 Å². The van der Waals surface area contributed by atoms with Gasteiger partial charge in [-0.25, -0.2) is 14.8 Å². The van der Waals surface area contributed by atoms with E-state index in [1.54, 1.807) is 17.6 Å². The highest BCUT2D eigenvalue weighted by molar-refractivity contribution is 7.11. The fourth-order valence-corrected chi connectivity index (χ4v) is 3.07. The molecule has 0 unspecified atom stereocenters. The summed E-state index contributed by atoms with van der Waals surface area (Å²) in [6.07, 6.45) is 1.55. The Hall–Kier alpha value is -2.67. The van der Waals surface area contributed by atoms with Crippen LogP contribution in [0.3, 0.4) is 0 Å². The van der Waals surface area contributed by atoms with Crippen LogP contribution in [0.25, 0.3) is 11.5 Å². The molecular formula is C17H18N4O2S. The minimum atomic E-state index is -0.260. The Kier molecular flexibility index (Phi) is 4.90. The number of thiazole rings is 1. The Morgan fingerprint density at radius 3 is 2.58 bits per heavy atom. The summed E-state index contributed by atoms with van der Waals surface area (Å²) in [5, 5.41) is 6.56. The minimum absolute atomic E-state index is 0.260. The fourth-order valence-electron chi connectivity index (χ4n) is 2.23. The van der Waals surface area contributed by atoms with Gasteiger partial charge >= 0.3 is 6.03 Å². The molecule has 0 saturated carbocycles. The first kappa shape index (κ1) is 16.2. The molecule has 0 aliphatic rings. The molecule has 124 valence electrons. The Morgan fingerprint density at radius 1 is 1.12 bits per heavy atom. The van der Waals surface area contributed by atoms with Crippen LogP contribution in [0.15, 0.2) is 41.0 Å². The van der Waals surface area contributed by atoms with Crippen molar-refractivity contribution in [3.63, 3.8) is 0 Å². The maximum Gasteiger partial charge on any atom is 0.315 e. The minimum Gasteiger partial charge on any atom is -0.444 e. The van der Waals surface area contributed by atoms with Gasteiger partial charge in [-0.1, -0.05) is 18.2 Å². The molecule has 1 aromatic carbocycles. The average Bonchev–Trinajstić information content (AvgIpc) is 3.18. The quantitative estimate of drug-likeness (QED) is 0.744. The topological polar surface area (TPSA) is 80.0 Å². The van der Waals surface area contributed by atoms with Gasteiger partial charge in [0, 0.05) is 10.4 Å². The van der Waals surface area contributed by atoms with E-state index >= 15 is 0 Å². The van der Waals surface area contributed by atoms with Gasteiger partial charge in [0.05, 0.1) is 29.5 Å². The summed E-state index contributed by atoms with van der Waals surface area (Å²) in [7, 11) is 0. The highest BCUT2D eigenvalue weighted by atomic mass is 32.1. The molecule has 0 fully saturated rings. The lowest BCUT2D eigenvalue weighted by Crippen LogP contribution is -2.34. The first-order valence-corrected chi connectivity index (χ1v) is 8.38. The number of oxazole rings is 1. The van der Waals surface area contributed by atoms with Gasteiger partial charge < -0.3 is 15.1 Å². The molecule has 6 nitrogen and oxygen atoms in total. The Bertz CT molecular complexity index is 826. The number of nitrogens with one attached hydrogen (secondary N) is 2. The Balaban J connectivity index is 1.50. The van der Waals surface area contributed by atoms with Crippen molar-refractivity contribution in [2.24, 2.45) is 0 Å².